The van der Waals surface area contributed by atoms with Crippen molar-refractivity contribution in [3.8, 4) is 0 Å². The second-order valence-corrected chi connectivity index (χ2v) is 7.00. The lowest BCUT2D eigenvalue weighted by atomic mass is 9.84. The molecule has 2 N–H and O–H groups in total. The number of hydrogen-bond acceptors (Lipinski definition) is 5. The Morgan fingerprint density at radius 1 is 1.35 bits per heavy atom. The topological polar surface area (TPSA) is 96.4 Å². The number of rotatable bonds is 2. The highest BCUT2D eigenvalue weighted by Crippen LogP contribution is 2.39. The second-order valence-electron chi connectivity index (χ2n) is 5.49. The van der Waals surface area contributed by atoms with Crippen LogP contribution in [0, 0.1) is 0 Å². The van der Waals surface area contributed by atoms with Gasteiger partial charge in [0.15, 0.2) is 5.03 Å². The van der Waals surface area contributed by atoms with Gasteiger partial charge in [-0.25, -0.2) is 18.5 Å². The van der Waals surface area contributed by atoms with Crippen LogP contribution in [-0.4, -0.2) is 43.4 Å². The molecule has 2 fully saturated rings. The number of nitrogens with zero attached hydrogens (tertiary/aromatic N) is 2. The molecule has 2 saturated heterocycles. The maximum atomic E-state index is 11.3. The fourth-order valence-corrected chi connectivity index (χ4v) is 3.48. The first kappa shape index (κ1) is 14.0. The Hall–Kier alpha value is -0.960. The van der Waals surface area contributed by atoms with E-state index in [9.17, 15) is 8.42 Å². The van der Waals surface area contributed by atoms with Crippen molar-refractivity contribution in [2.75, 3.05) is 19.8 Å². The summed E-state index contributed by atoms with van der Waals surface area (Å²) in [5.74, 6) is 0. The average Bonchev–Trinajstić information content (AvgIpc) is 2.89. The van der Waals surface area contributed by atoms with Gasteiger partial charge in [-0.15, -0.1) is 0 Å². The van der Waals surface area contributed by atoms with Crippen LogP contribution in [0.1, 0.15) is 31.7 Å². The summed E-state index contributed by atoms with van der Waals surface area (Å²) in [4.78, 5) is 3.88. The van der Waals surface area contributed by atoms with E-state index in [4.69, 9.17) is 14.6 Å². The van der Waals surface area contributed by atoms with Crippen molar-refractivity contribution in [1.29, 1.82) is 0 Å². The first-order chi connectivity index (χ1) is 9.49. The standard InChI is InChI=1S/C12H19N3O4S/c13-20(16,17)11-8-15(9-14-11)10-1-4-19-12(7-10)2-5-18-6-3-12/h8-10H,1-7H2,(H2,13,16,17). The van der Waals surface area contributed by atoms with E-state index in [1.54, 1.807) is 6.33 Å². The molecule has 2 aliphatic heterocycles. The van der Waals surface area contributed by atoms with Crippen molar-refractivity contribution >= 4 is 10.0 Å². The summed E-state index contributed by atoms with van der Waals surface area (Å²) in [7, 11) is -3.74. The highest BCUT2D eigenvalue weighted by molar-refractivity contribution is 7.89. The van der Waals surface area contributed by atoms with E-state index in [0.717, 1.165) is 38.9 Å². The number of aromatic nitrogens is 2. The number of sulfonamides is 1. The van der Waals surface area contributed by atoms with Gasteiger partial charge in [0, 0.05) is 32.1 Å². The van der Waals surface area contributed by atoms with Gasteiger partial charge in [-0.05, 0) is 25.7 Å². The number of imidazole rings is 1. The van der Waals surface area contributed by atoms with Gasteiger partial charge in [0.05, 0.1) is 11.9 Å². The summed E-state index contributed by atoms with van der Waals surface area (Å²) in [6.07, 6.45) is 6.54. The Morgan fingerprint density at radius 3 is 2.75 bits per heavy atom. The molecule has 1 aromatic heterocycles. The van der Waals surface area contributed by atoms with E-state index in [0.29, 0.717) is 6.61 Å². The molecule has 8 heteroatoms. The summed E-state index contributed by atoms with van der Waals surface area (Å²) in [5, 5.41) is 5.01. The van der Waals surface area contributed by atoms with Gasteiger partial charge >= 0.3 is 0 Å². The van der Waals surface area contributed by atoms with Crippen molar-refractivity contribution in [3.05, 3.63) is 12.5 Å². The van der Waals surface area contributed by atoms with Crippen LogP contribution in [0.15, 0.2) is 17.6 Å². The van der Waals surface area contributed by atoms with E-state index in [2.05, 4.69) is 4.98 Å². The Balaban J connectivity index is 1.78. The van der Waals surface area contributed by atoms with Crippen molar-refractivity contribution in [2.45, 2.75) is 42.4 Å². The highest BCUT2D eigenvalue weighted by atomic mass is 32.2. The molecule has 1 aromatic rings. The molecular formula is C12H19N3O4S. The Labute approximate surface area is 118 Å². The number of hydrogen-bond donors (Lipinski definition) is 1. The molecule has 2 aliphatic rings. The molecule has 20 heavy (non-hydrogen) atoms. The maximum absolute atomic E-state index is 11.3. The Kier molecular flexibility index (Phi) is 3.57. The van der Waals surface area contributed by atoms with Gasteiger partial charge in [0.2, 0.25) is 0 Å². The highest BCUT2D eigenvalue weighted by Gasteiger charge is 2.39. The third-order valence-corrected chi connectivity index (χ3v) is 4.96. The molecule has 1 unspecified atom stereocenters. The molecule has 3 rings (SSSR count). The van der Waals surface area contributed by atoms with Crippen LogP contribution in [0.2, 0.25) is 0 Å². The van der Waals surface area contributed by atoms with Crippen molar-refractivity contribution < 1.29 is 17.9 Å². The molecule has 0 amide bonds. The van der Waals surface area contributed by atoms with Gasteiger partial charge in [0.1, 0.15) is 0 Å². The van der Waals surface area contributed by atoms with Crippen LogP contribution in [0.3, 0.4) is 0 Å². The molecule has 1 atom stereocenters. The molecule has 0 saturated carbocycles. The minimum absolute atomic E-state index is 0.0787. The SMILES string of the molecule is NS(=O)(=O)c1cn(C2CCOC3(CCOCC3)C2)cn1. The monoisotopic (exact) mass is 301 g/mol. The third kappa shape index (κ3) is 2.73. The van der Waals surface area contributed by atoms with Crippen LogP contribution >= 0.6 is 0 Å². The Bertz CT molecular complexity index is 572. The van der Waals surface area contributed by atoms with Crippen molar-refractivity contribution in [2.24, 2.45) is 5.14 Å². The molecular weight excluding hydrogens is 282 g/mol. The molecule has 0 radical (unpaired) electrons. The molecule has 0 bridgehead atoms. The number of nitrogens with two attached hydrogens (primary N) is 1. The first-order valence-corrected chi connectivity index (χ1v) is 8.31. The number of primary sulfonamides is 1. The smallest absolute Gasteiger partial charge is 0.257 e. The van der Waals surface area contributed by atoms with Crippen LogP contribution in [0.25, 0.3) is 0 Å². The predicted octanol–water partition coefficient (Wildman–Crippen LogP) is 0.431. The zero-order valence-electron chi connectivity index (χ0n) is 11.2. The normalized spacial score (nSPS) is 26.8. The molecule has 7 nitrogen and oxygen atoms in total. The Morgan fingerprint density at radius 2 is 2.10 bits per heavy atom. The van der Waals surface area contributed by atoms with E-state index in [-0.39, 0.29) is 16.7 Å². The van der Waals surface area contributed by atoms with Crippen LogP contribution in [0.4, 0.5) is 0 Å². The van der Waals surface area contributed by atoms with Gasteiger partial charge in [0.25, 0.3) is 10.0 Å². The van der Waals surface area contributed by atoms with Crippen molar-refractivity contribution in [3.63, 3.8) is 0 Å². The molecule has 112 valence electrons. The minimum atomic E-state index is -3.74. The van der Waals surface area contributed by atoms with Crippen LogP contribution < -0.4 is 5.14 Å². The van der Waals surface area contributed by atoms with E-state index in [1.807, 2.05) is 4.57 Å². The minimum Gasteiger partial charge on any atom is -0.381 e. The van der Waals surface area contributed by atoms with E-state index < -0.39 is 10.0 Å². The zero-order valence-corrected chi connectivity index (χ0v) is 12.0. The van der Waals surface area contributed by atoms with Crippen LogP contribution in [-0.2, 0) is 19.5 Å². The van der Waals surface area contributed by atoms with Crippen LogP contribution in [0.5, 0.6) is 0 Å². The van der Waals surface area contributed by atoms with Crippen molar-refractivity contribution in [1.82, 2.24) is 9.55 Å². The molecule has 0 aliphatic carbocycles. The van der Waals surface area contributed by atoms with Gasteiger partial charge in [-0.3, -0.25) is 0 Å². The summed E-state index contributed by atoms with van der Waals surface area (Å²) in [6.45, 7) is 2.12. The van der Waals surface area contributed by atoms with Gasteiger partial charge in [-0.1, -0.05) is 0 Å². The summed E-state index contributed by atoms with van der Waals surface area (Å²) >= 11 is 0. The van der Waals surface area contributed by atoms with Gasteiger partial charge in [-0.2, -0.15) is 0 Å². The number of ether oxygens (including phenoxy) is 2. The fourth-order valence-electron chi connectivity index (χ4n) is 3.01. The van der Waals surface area contributed by atoms with E-state index in [1.165, 1.54) is 6.20 Å². The maximum Gasteiger partial charge on any atom is 0.257 e. The zero-order chi connectivity index (χ0) is 14.2. The lowest BCUT2D eigenvalue weighted by Crippen LogP contribution is -2.44. The summed E-state index contributed by atoms with van der Waals surface area (Å²) in [6, 6.07) is 0.199. The molecule has 1 spiro atoms. The molecule has 0 aromatic carbocycles. The lowest BCUT2D eigenvalue weighted by molar-refractivity contribution is -0.144. The third-order valence-electron chi connectivity index (χ3n) is 4.16. The lowest BCUT2D eigenvalue weighted by Gasteiger charge is -2.43. The predicted molar refractivity (Wildman–Crippen MR) is 70.6 cm³/mol. The second kappa shape index (κ2) is 5.10. The summed E-state index contributed by atoms with van der Waals surface area (Å²) < 4.78 is 35.8. The largest absolute Gasteiger partial charge is 0.381 e. The quantitative estimate of drug-likeness (QED) is 0.854. The average molecular weight is 301 g/mol. The van der Waals surface area contributed by atoms with E-state index >= 15 is 0 Å². The summed E-state index contributed by atoms with van der Waals surface area (Å²) in [5.41, 5.74) is -0.132. The molecule has 3 heterocycles. The fraction of sp³-hybridized carbons (Fsp3) is 0.750. The van der Waals surface area contributed by atoms with Gasteiger partial charge < -0.3 is 14.0 Å². The first-order valence-electron chi connectivity index (χ1n) is 6.77.